The highest BCUT2D eigenvalue weighted by atomic mass is 35.5. The van der Waals surface area contributed by atoms with Crippen molar-refractivity contribution in [2.75, 3.05) is 39.8 Å². The largest absolute Gasteiger partial charge is 0.481 e. The molecule has 3 aromatic heterocycles. The van der Waals surface area contributed by atoms with Gasteiger partial charge in [0, 0.05) is 69.6 Å². The fourth-order valence-electron chi connectivity index (χ4n) is 9.03. The minimum Gasteiger partial charge on any atom is -0.481 e. The van der Waals surface area contributed by atoms with Crippen LogP contribution in [0.5, 0.6) is 11.8 Å². The maximum atomic E-state index is 11.8. The van der Waals surface area contributed by atoms with E-state index in [-0.39, 0.29) is 29.1 Å². The van der Waals surface area contributed by atoms with Crippen LogP contribution in [-0.4, -0.2) is 86.8 Å². The lowest BCUT2D eigenvalue weighted by Gasteiger charge is -2.48. The SMILES string of the molecule is COc1nc(O[C@H]2CCc3c(-c4cccc(-c5nc6c(=N)n(CCN7CC8(CCC(=O)N8)C7)cc(C#N)c6o5)c4C)cccc32)c(Cl)cc1CN1CC[C@@H](O)C1. The predicted molar refractivity (Wildman–Crippen MR) is 208 cm³/mol. The van der Waals surface area contributed by atoms with Gasteiger partial charge in [0.1, 0.15) is 22.8 Å². The third-order valence-electron chi connectivity index (χ3n) is 11.9. The lowest BCUT2D eigenvalue weighted by Crippen LogP contribution is -2.67. The number of nitriles is 1. The summed E-state index contributed by atoms with van der Waals surface area (Å²) in [5, 5.41) is 32.6. The number of fused-ring (bicyclic) bond motifs is 2. The summed E-state index contributed by atoms with van der Waals surface area (Å²) in [6.07, 6.45) is 4.84. The van der Waals surface area contributed by atoms with Gasteiger partial charge < -0.3 is 28.9 Å². The van der Waals surface area contributed by atoms with Crippen LogP contribution in [0.3, 0.4) is 0 Å². The lowest BCUT2D eigenvalue weighted by atomic mass is 9.88. The van der Waals surface area contributed by atoms with Crippen molar-refractivity contribution in [1.29, 1.82) is 10.7 Å². The number of amides is 1. The zero-order valence-electron chi connectivity index (χ0n) is 31.4. The van der Waals surface area contributed by atoms with Crippen LogP contribution in [0.15, 0.2) is 53.1 Å². The minimum absolute atomic E-state index is 0.107. The number of hydrogen-bond donors (Lipinski definition) is 3. The van der Waals surface area contributed by atoms with Crippen molar-refractivity contribution >= 4 is 28.6 Å². The van der Waals surface area contributed by atoms with Crippen LogP contribution in [0.1, 0.15) is 59.6 Å². The van der Waals surface area contributed by atoms with E-state index < -0.39 is 0 Å². The monoisotopic (exact) mass is 774 g/mol. The molecule has 0 saturated carbocycles. The number of carbonyl (C=O) groups is 1. The summed E-state index contributed by atoms with van der Waals surface area (Å²) in [5.74, 6) is 1.26. The highest BCUT2D eigenvalue weighted by Crippen LogP contribution is 2.43. The van der Waals surface area contributed by atoms with E-state index in [0.29, 0.717) is 71.9 Å². The molecule has 0 unspecified atom stereocenters. The Kier molecular flexibility index (Phi) is 9.32. The third kappa shape index (κ3) is 6.50. The number of nitrogens with zero attached hydrogens (tertiary/aromatic N) is 6. The molecule has 4 aliphatic rings. The molecule has 3 N–H and O–H groups in total. The zero-order valence-corrected chi connectivity index (χ0v) is 32.2. The molecule has 288 valence electrons. The Hall–Kier alpha value is -5.26. The Morgan fingerprint density at radius 1 is 1.09 bits per heavy atom. The number of carbonyl (C=O) groups excluding carboxylic acids is 1. The molecule has 6 heterocycles. The summed E-state index contributed by atoms with van der Waals surface area (Å²) < 4.78 is 20.2. The molecule has 2 aromatic carbocycles. The highest BCUT2D eigenvalue weighted by Gasteiger charge is 2.47. The van der Waals surface area contributed by atoms with Crippen LogP contribution in [0, 0.1) is 23.7 Å². The molecule has 5 aromatic rings. The van der Waals surface area contributed by atoms with Gasteiger partial charge in [-0.2, -0.15) is 10.2 Å². The molecular formula is C42H43ClN8O5. The molecule has 14 heteroatoms. The van der Waals surface area contributed by atoms with Gasteiger partial charge in [0.2, 0.25) is 23.6 Å². The standard InChI is InChI=1S/C42H43ClN8O5/c1-24-28(30-7-4-8-32-31(30)9-10-34(32)55-41-33(43)17-25(39(47-41)54-2)19-49-14-12-27(52)21-49)5-3-6-29(24)40-46-36-37(56-40)26(18-44)20-51(38(36)45)16-15-50-22-42(23-50)13-11-35(53)48-42/h3-8,17,20,27,34,45,52H,9-16,19,21-23H2,1-2H3,(H,48,53)/t27-,34+/m1/s1. The van der Waals surface area contributed by atoms with Gasteiger partial charge in [0.25, 0.3) is 0 Å². The molecular weight excluding hydrogens is 732 g/mol. The summed E-state index contributed by atoms with van der Waals surface area (Å²) >= 11 is 6.76. The number of rotatable bonds is 10. The van der Waals surface area contributed by atoms with Gasteiger partial charge in [0.05, 0.1) is 18.8 Å². The first-order chi connectivity index (χ1) is 27.1. The van der Waals surface area contributed by atoms with Crippen molar-refractivity contribution < 1.29 is 23.8 Å². The first kappa shape index (κ1) is 36.4. The van der Waals surface area contributed by atoms with Crippen molar-refractivity contribution in [3.05, 3.63) is 87.0 Å². The number of benzene rings is 2. The number of aliphatic hydroxyl groups is 1. The number of likely N-dealkylation sites (tertiary alicyclic amines) is 2. The van der Waals surface area contributed by atoms with Gasteiger partial charge in [0.15, 0.2) is 16.6 Å². The van der Waals surface area contributed by atoms with E-state index in [1.165, 1.54) is 5.56 Å². The first-order valence-corrected chi connectivity index (χ1v) is 19.5. The number of ether oxygens (including phenoxy) is 2. The number of hydrogen-bond acceptors (Lipinski definition) is 11. The number of aromatic nitrogens is 3. The number of methoxy groups -OCH3 is 1. The molecule has 1 spiro atoms. The minimum atomic E-state index is -0.320. The predicted octanol–water partition coefficient (Wildman–Crippen LogP) is 5.28. The average molecular weight is 775 g/mol. The molecule has 0 radical (unpaired) electrons. The van der Waals surface area contributed by atoms with Crippen LogP contribution in [0.2, 0.25) is 5.02 Å². The smallest absolute Gasteiger partial charge is 0.236 e. The Balaban J connectivity index is 0.960. The molecule has 3 saturated heterocycles. The Morgan fingerprint density at radius 2 is 1.89 bits per heavy atom. The van der Waals surface area contributed by atoms with Crippen LogP contribution >= 0.6 is 11.6 Å². The first-order valence-electron chi connectivity index (χ1n) is 19.2. The summed E-state index contributed by atoms with van der Waals surface area (Å²) in [7, 11) is 1.59. The molecule has 1 amide bonds. The van der Waals surface area contributed by atoms with E-state index in [9.17, 15) is 15.2 Å². The number of oxazole rings is 1. The van der Waals surface area contributed by atoms with Gasteiger partial charge in [-0.1, -0.05) is 41.9 Å². The molecule has 0 bridgehead atoms. The second kappa shape index (κ2) is 14.4. The van der Waals surface area contributed by atoms with Gasteiger partial charge in [-0.15, -0.1) is 0 Å². The Bertz CT molecular complexity index is 2480. The van der Waals surface area contributed by atoms with Gasteiger partial charge in [-0.05, 0) is 72.6 Å². The molecule has 13 nitrogen and oxygen atoms in total. The Morgan fingerprint density at radius 3 is 2.64 bits per heavy atom. The van der Waals surface area contributed by atoms with Crippen molar-refractivity contribution in [3.63, 3.8) is 0 Å². The summed E-state index contributed by atoms with van der Waals surface area (Å²) in [5.41, 5.74) is 8.04. The van der Waals surface area contributed by atoms with E-state index in [4.69, 9.17) is 35.9 Å². The highest BCUT2D eigenvalue weighted by molar-refractivity contribution is 6.31. The van der Waals surface area contributed by atoms with Gasteiger partial charge in [-0.3, -0.25) is 20.0 Å². The molecule has 3 aliphatic heterocycles. The van der Waals surface area contributed by atoms with Crippen LogP contribution < -0.4 is 20.3 Å². The Labute approximate surface area is 328 Å². The van der Waals surface area contributed by atoms with E-state index in [2.05, 4.69) is 44.4 Å². The average Bonchev–Trinajstić information content (AvgIpc) is 3.99. The quantitative estimate of drug-likeness (QED) is 0.170. The molecule has 1 aliphatic carbocycles. The van der Waals surface area contributed by atoms with Crippen molar-refractivity contribution in [1.82, 2.24) is 29.7 Å². The number of β-amino-alcohol motifs (C(OH)–C–C–N with tert-alkyl or cyclic N) is 1. The fourth-order valence-corrected chi connectivity index (χ4v) is 9.24. The maximum absolute atomic E-state index is 11.8. The van der Waals surface area contributed by atoms with E-state index in [1.807, 2.05) is 31.2 Å². The van der Waals surface area contributed by atoms with E-state index >= 15 is 0 Å². The molecule has 56 heavy (non-hydrogen) atoms. The number of aliphatic hydroxyl groups excluding tert-OH is 1. The molecule has 2 atom stereocenters. The van der Waals surface area contributed by atoms with E-state index in [0.717, 1.165) is 78.7 Å². The molecule has 3 fully saturated rings. The normalized spacial score (nSPS) is 20.3. The lowest BCUT2D eigenvalue weighted by molar-refractivity contribution is -0.120. The van der Waals surface area contributed by atoms with Crippen LogP contribution in [-0.2, 0) is 24.3 Å². The maximum Gasteiger partial charge on any atom is 0.236 e. The molecule has 9 rings (SSSR count). The zero-order chi connectivity index (χ0) is 38.7. The van der Waals surface area contributed by atoms with Crippen molar-refractivity contribution in [3.8, 4) is 40.4 Å². The number of nitrogens with one attached hydrogen (secondary N) is 2. The van der Waals surface area contributed by atoms with Crippen LogP contribution in [0.4, 0.5) is 0 Å². The summed E-state index contributed by atoms with van der Waals surface area (Å²) in [6, 6.07) is 16.4. The topological polar surface area (TPSA) is 166 Å². The summed E-state index contributed by atoms with van der Waals surface area (Å²) in [4.78, 5) is 25.7. The van der Waals surface area contributed by atoms with Crippen LogP contribution in [0.25, 0.3) is 33.7 Å². The third-order valence-corrected chi connectivity index (χ3v) is 12.1. The van der Waals surface area contributed by atoms with Gasteiger partial charge in [-0.25, -0.2) is 4.98 Å². The number of halogens is 1. The second-order valence-electron chi connectivity index (χ2n) is 15.6. The summed E-state index contributed by atoms with van der Waals surface area (Å²) in [6.45, 7) is 6.83. The van der Waals surface area contributed by atoms with Crippen molar-refractivity contribution in [2.24, 2.45) is 0 Å². The van der Waals surface area contributed by atoms with E-state index in [1.54, 1.807) is 17.9 Å². The fraction of sp³-hybridized carbons (Fsp3) is 0.405. The van der Waals surface area contributed by atoms with Crippen molar-refractivity contribution in [2.45, 2.75) is 69.9 Å². The second-order valence-corrected chi connectivity index (χ2v) is 16.0. The van der Waals surface area contributed by atoms with Gasteiger partial charge >= 0.3 is 0 Å². The number of pyridine rings is 2.